The third-order valence-electron chi connectivity index (χ3n) is 1.76. The van der Waals surface area contributed by atoms with Crippen molar-refractivity contribution >= 4 is 21.8 Å². The molecule has 0 aliphatic heterocycles. The van der Waals surface area contributed by atoms with Crippen LogP contribution in [-0.4, -0.2) is 37.9 Å². The van der Waals surface area contributed by atoms with Gasteiger partial charge in [0.15, 0.2) is 0 Å². The molecule has 0 spiro atoms. The number of sulfonamides is 1. The largest absolute Gasteiger partial charge is 0.323 e. The minimum absolute atomic E-state index is 0.000107. The van der Waals surface area contributed by atoms with Crippen LogP contribution in [0.3, 0.4) is 0 Å². The molecule has 0 atom stereocenters. The maximum atomic E-state index is 11.0. The number of amides is 2. The lowest BCUT2D eigenvalue weighted by Gasteiger charge is -2.06. The molecule has 0 aromatic carbocycles. The molecule has 6 nitrogen and oxygen atoms in total. The molecule has 0 aliphatic rings. The molecule has 0 saturated heterocycles. The predicted molar refractivity (Wildman–Crippen MR) is 75.6 cm³/mol. The van der Waals surface area contributed by atoms with Gasteiger partial charge in [-0.15, -0.1) is 0 Å². The van der Waals surface area contributed by atoms with Crippen LogP contribution in [0.2, 0.25) is 0 Å². The first-order valence-electron chi connectivity index (χ1n) is 5.58. The Kier molecular flexibility index (Phi) is 9.67. The smallest absolute Gasteiger partial charge is 0.256 e. The molecule has 0 heterocycles. The summed E-state index contributed by atoms with van der Waals surface area (Å²) in [5, 5.41) is 0. The number of rotatable bonds is 5. The zero-order valence-electron chi connectivity index (χ0n) is 11.8. The first-order chi connectivity index (χ1) is 8.55. The maximum Gasteiger partial charge on any atom is 0.256 e. The van der Waals surface area contributed by atoms with E-state index in [-0.39, 0.29) is 17.6 Å². The number of nitrogens with one attached hydrogen (secondary N) is 1. The van der Waals surface area contributed by atoms with E-state index in [2.05, 4.69) is 13.2 Å². The molecule has 0 unspecified atom stereocenters. The van der Waals surface area contributed by atoms with Crippen molar-refractivity contribution in [2.45, 2.75) is 20.8 Å². The minimum Gasteiger partial charge on any atom is -0.323 e. The first-order valence-corrected chi connectivity index (χ1v) is 7.23. The number of carbonyl (C=O) groups is 2. The molecule has 0 fully saturated rings. The van der Waals surface area contributed by atoms with E-state index in [1.807, 2.05) is 4.72 Å². The highest BCUT2D eigenvalue weighted by Gasteiger charge is 2.13. The van der Waals surface area contributed by atoms with Crippen LogP contribution in [0.5, 0.6) is 0 Å². The van der Waals surface area contributed by atoms with Gasteiger partial charge in [0.05, 0.1) is 5.75 Å². The summed E-state index contributed by atoms with van der Waals surface area (Å²) in [5.74, 6) is -0.724. The highest BCUT2D eigenvalue weighted by Crippen LogP contribution is 1.96. The SMILES string of the molecule is C=CC(=O)NS(=O)(=O)CC(C)C.C=CN(C)C(C)=O. The molecule has 0 radical (unpaired) electrons. The van der Waals surface area contributed by atoms with Crippen LogP contribution in [-0.2, 0) is 19.6 Å². The fourth-order valence-corrected chi connectivity index (χ4v) is 2.15. The van der Waals surface area contributed by atoms with E-state index in [1.54, 1.807) is 20.9 Å². The van der Waals surface area contributed by atoms with E-state index >= 15 is 0 Å². The van der Waals surface area contributed by atoms with Crippen LogP contribution in [0.4, 0.5) is 0 Å². The van der Waals surface area contributed by atoms with Crippen molar-refractivity contribution in [2.75, 3.05) is 12.8 Å². The van der Waals surface area contributed by atoms with E-state index in [4.69, 9.17) is 0 Å². The Balaban J connectivity index is 0. The van der Waals surface area contributed by atoms with Gasteiger partial charge >= 0.3 is 0 Å². The lowest BCUT2D eigenvalue weighted by atomic mass is 10.3. The van der Waals surface area contributed by atoms with Crippen molar-refractivity contribution in [3.8, 4) is 0 Å². The van der Waals surface area contributed by atoms with Gasteiger partial charge in [-0.1, -0.05) is 27.0 Å². The topological polar surface area (TPSA) is 83.6 Å². The summed E-state index contributed by atoms with van der Waals surface area (Å²) in [7, 11) is -1.80. The van der Waals surface area contributed by atoms with Gasteiger partial charge in [-0.25, -0.2) is 13.1 Å². The highest BCUT2D eigenvalue weighted by atomic mass is 32.2. The second kappa shape index (κ2) is 9.32. The van der Waals surface area contributed by atoms with Gasteiger partial charge < -0.3 is 4.90 Å². The molecule has 2 amide bonds. The van der Waals surface area contributed by atoms with Gasteiger partial charge in [0.25, 0.3) is 5.91 Å². The molecule has 0 aromatic rings. The molecule has 7 heteroatoms. The van der Waals surface area contributed by atoms with Crippen LogP contribution < -0.4 is 4.72 Å². The van der Waals surface area contributed by atoms with Crippen LogP contribution >= 0.6 is 0 Å². The fourth-order valence-electron chi connectivity index (χ4n) is 0.804. The van der Waals surface area contributed by atoms with Crippen LogP contribution in [0.1, 0.15) is 20.8 Å². The Morgan fingerprint density at radius 1 is 1.32 bits per heavy atom. The molecule has 19 heavy (non-hydrogen) atoms. The normalized spacial score (nSPS) is 9.95. The van der Waals surface area contributed by atoms with E-state index in [0.717, 1.165) is 6.08 Å². The van der Waals surface area contributed by atoms with Crippen molar-refractivity contribution in [3.05, 3.63) is 25.4 Å². The number of nitrogens with zero attached hydrogens (tertiary/aromatic N) is 1. The van der Waals surface area contributed by atoms with E-state index in [9.17, 15) is 18.0 Å². The Labute approximate surface area is 115 Å². The summed E-state index contributed by atoms with van der Waals surface area (Å²) < 4.78 is 23.9. The summed E-state index contributed by atoms with van der Waals surface area (Å²) in [6.45, 7) is 11.5. The van der Waals surface area contributed by atoms with Crippen molar-refractivity contribution < 1.29 is 18.0 Å². The summed E-state index contributed by atoms with van der Waals surface area (Å²) in [4.78, 5) is 22.2. The molecular formula is C12H22N2O4S. The molecule has 0 saturated carbocycles. The Morgan fingerprint density at radius 3 is 2.00 bits per heavy atom. The Bertz CT molecular complexity index is 427. The third-order valence-corrected chi connectivity index (χ3v) is 3.38. The highest BCUT2D eigenvalue weighted by molar-refractivity contribution is 7.90. The van der Waals surface area contributed by atoms with Gasteiger partial charge in [0.2, 0.25) is 15.9 Å². The molecule has 1 N–H and O–H groups in total. The predicted octanol–water partition coefficient (Wildman–Crippen LogP) is 0.883. The third kappa shape index (κ3) is 12.6. The van der Waals surface area contributed by atoms with Crippen LogP contribution in [0, 0.1) is 5.92 Å². The summed E-state index contributed by atoms with van der Waals surface area (Å²) >= 11 is 0. The molecule has 0 bridgehead atoms. The molecule has 0 aromatic heterocycles. The second-order valence-electron chi connectivity index (χ2n) is 4.16. The Morgan fingerprint density at radius 2 is 1.79 bits per heavy atom. The standard InChI is InChI=1S/C7H13NO3S.C5H9NO/c1-4-7(9)8-12(10,11)5-6(2)3;1-4-6(3)5(2)7/h4,6H,1,5H2,2-3H3,(H,8,9);4H,1H2,2-3H3. The molecular weight excluding hydrogens is 268 g/mol. The van der Waals surface area contributed by atoms with E-state index < -0.39 is 15.9 Å². The van der Waals surface area contributed by atoms with E-state index in [1.165, 1.54) is 18.0 Å². The lowest BCUT2D eigenvalue weighted by Crippen LogP contribution is -2.32. The number of hydrogen-bond donors (Lipinski definition) is 1. The molecule has 0 rings (SSSR count). The maximum absolute atomic E-state index is 11.0. The summed E-state index contributed by atoms with van der Waals surface area (Å²) in [5.41, 5.74) is 0. The van der Waals surface area contributed by atoms with Gasteiger partial charge in [0, 0.05) is 14.0 Å². The quantitative estimate of drug-likeness (QED) is 0.762. The fraction of sp³-hybridized carbons (Fsp3) is 0.500. The zero-order valence-corrected chi connectivity index (χ0v) is 12.7. The first kappa shape index (κ1) is 19.7. The molecule has 110 valence electrons. The average molecular weight is 290 g/mol. The minimum atomic E-state index is -3.46. The number of hydrogen-bond acceptors (Lipinski definition) is 4. The summed E-state index contributed by atoms with van der Waals surface area (Å²) in [6, 6.07) is 0. The monoisotopic (exact) mass is 290 g/mol. The van der Waals surface area contributed by atoms with Gasteiger partial charge in [-0.3, -0.25) is 9.59 Å². The average Bonchev–Trinajstić information content (AvgIpc) is 2.25. The van der Waals surface area contributed by atoms with Crippen LogP contribution in [0.25, 0.3) is 0 Å². The zero-order chi connectivity index (χ0) is 15.6. The lowest BCUT2D eigenvalue weighted by molar-refractivity contribution is -0.125. The van der Waals surface area contributed by atoms with Gasteiger partial charge in [-0.05, 0) is 18.2 Å². The summed E-state index contributed by atoms with van der Waals surface area (Å²) in [6.07, 6.45) is 2.40. The van der Waals surface area contributed by atoms with Gasteiger partial charge in [-0.2, -0.15) is 0 Å². The van der Waals surface area contributed by atoms with Crippen molar-refractivity contribution in [1.29, 1.82) is 0 Å². The van der Waals surface area contributed by atoms with E-state index in [0.29, 0.717) is 0 Å². The molecule has 0 aliphatic carbocycles. The van der Waals surface area contributed by atoms with Gasteiger partial charge in [0.1, 0.15) is 0 Å². The van der Waals surface area contributed by atoms with Crippen molar-refractivity contribution in [2.24, 2.45) is 5.92 Å². The van der Waals surface area contributed by atoms with Crippen molar-refractivity contribution in [3.63, 3.8) is 0 Å². The van der Waals surface area contributed by atoms with Crippen molar-refractivity contribution in [1.82, 2.24) is 9.62 Å². The number of carbonyl (C=O) groups excluding carboxylic acids is 2. The second-order valence-corrected chi connectivity index (χ2v) is 5.93. The van der Waals surface area contributed by atoms with Crippen LogP contribution in [0.15, 0.2) is 25.4 Å². The Hall–Kier alpha value is -1.63.